The van der Waals surface area contributed by atoms with E-state index in [1.165, 1.54) is 0 Å². The molecule has 5 nitrogen and oxygen atoms in total. The van der Waals surface area contributed by atoms with E-state index >= 15 is 0 Å². The van der Waals surface area contributed by atoms with Gasteiger partial charge in [-0.2, -0.15) is 0 Å². The summed E-state index contributed by atoms with van der Waals surface area (Å²) in [6.45, 7) is 3.34. The van der Waals surface area contributed by atoms with Gasteiger partial charge in [-0.3, -0.25) is 14.5 Å². The van der Waals surface area contributed by atoms with Gasteiger partial charge in [0.2, 0.25) is 11.8 Å². The van der Waals surface area contributed by atoms with Gasteiger partial charge in [-0.05, 0) is 30.5 Å². The average Bonchev–Trinajstić information content (AvgIpc) is 3.13. The molecule has 2 amide bonds. The molecule has 1 saturated heterocycles. The lowest BCUT2D eigenvalue weighted by molar-refractivity contribution is -0.139. The van der Waals surface area contributed by atoms with Gasteiger partial charge in [-0.1, -0.05) is 40.9 Å². The Morgan fingerprint density at radius 2 is 1.68 bits per heavy atom. The van der Waals surface area contributed by atoms with Crippen molar-refractivity contribution < 1.29 is 9.59 Å². The van der Waals surface area contributed by atoms with Gasteiger partial charge in [0.15, 0.2) is 0 Å². The van der Waals surface area contributed by atoms with Crippen LogP contribution in [0, 0.1) is 0 Å². The van der Waals surface area contributed by atoms with Gasteiger partial charge in [0.25, 0.3) is 0 Å². The van der Waals surface area contributed by atoms with Crippen molar-refractivity contribution in [2.24, 2.45) is 0 Å². The number of hydrogen-bond acceptors (Lipinski definition) is 3. The maximum absolute atomic E-state index is 13.4. The Kier molecular flexibility index (Phi) is 5.79. The number of hydrogen-bond donors (Lipinski definition) is 1. The lowest BCUT2D eigenvalue weighted by atomic mass is 9.77. The van der Waals surface area contributed by atoms with E-state index in [9.17, 15) is 9.59 Å². The first-order valence-electron chi connectivity index (χ1n) is 9.03. The zero-order valence-corrected chi connectivity index (χ0v) is 16.3. The maximum atomic E-state index is 13.4. The molecule has 0 radical (unpaired) electrons. The SMILES string of the molecule is CNC(=O)CN1CCN(C(=O)C2(c3ccc(Br)cc3)CCCC2)CC1. The molecule has 2 aliphatic rings. The molecule has 1 heterocycles. The van der Waals surface area contributed by atoms with Crippen LogP contribution in [0.3, 0.4) is 0 Å². The first-order chi connectivity index (χ1) is 12.0. The van der Waals surface area contributed by atoms with Crippen LogP contribution in [-0.2, 0) is 15.0 Å². The van der Waals surface area contributed by atoms with Crippen molar-refractivity contribution in [3.05, 3.63) is 34.3 Å². The summed E-state index contributed by atoms with van der Waals surface area (Å²) < 4.78 is 1.04. The lowest BCUT2D eigenvalue weighted by Crippen LogP contribution is -2.55. The van der Waals surface area contributed by atoms with Crippen molar-refractivity contribution in [3.63, 3.8) is 0 Å². The first kappa shape index (κ1) is 18.4. The third kappa shape index (κ3) is 3.90. The second-order valence-corrected chi connectivity index (χ2v) is 7.95. The van der Waals surface area contributed by atoms with E-state index in [4.69, 9.17) is 0 Å². The molecule has 0 spiro atoms. The monoisotopic (exact) mass is 407 g/mol. The van der Waals surface area contributed by atoms with Crippen LogP contribution in [0.4, 0.5) is 0 Å². The largest absolute Gasteiger partial charge is 0.358 e. The molecule has 6 heteroatoms. The van der Waals surface area contributed by atoms with Crippen molar-refractivity contribution in [2.45, 2.75) is 31.1 Å². The van der Waals surface area contributed by atoms with Crippen LogP contribution in [0.15, 0.2) is 28.7 Å². The molecule has 3 rings (SSSR count). The number of nitrogens with zero attached hydrogens (tertiary/aromatic N) is 2. The zero-order valence-electron chi connectivity index (χ0n) is 14.8. The highest BCUT2D eigenvalue weighted by Crippen LogP contribution is 2.43. The Morgan fingerprint density at radius 1 is 1.08 bits per heavy atom. The average molecular weight is 408 g/mol. The van der Waals surface area contributed by atoms with Crippen molar-refractivity contribution in [1.29, 1.82) is 0 Å². The Balaban J connectivity index is 1.70. The molecule has 1 saturated carbocycles. The van der Waals surface area contributed by atoms with E-state index in [0.717, 1.165) is 48.8 Å². The minimum atomic E-state index is -0.357. The highest BCUT2D eigenvalue weighted by atomic mass is 79.9. The highest BCUT2D eigenvalue weighted by Gasteiger charge is 2.45. The molecule has 1 aromatic rings. The molecule has 25 heavy (non-hydrogen) atoms. The minimum absolute atomic E-state index is 0.0295. The van der Waals surface area contributed by atoms with E-state index in [0.29, 0.717) is 19.6 Å². The maximum Gasteiger partial charge on any atom is 0.233 e. The molecule has 1 aliphatic heterocycles. The number of piperazine rings is 1. The van der Waals surface area contributed by atoms with Gasteiger partial charge >= 0.3 is 0 Å². The Hall–Kier alpha value is -1.40. The number of halogens is 1. The third-order valence-corrected chi connectivity index (χ3v) is 6.10. The summed E-state index contributed by atoms with van der Waals surface area (Å²) in [4.78, 5) is 29.1. The molecule has 0 atom stereocenters. The van der Waals surface area contributed by atoms with E-state index in [-0.39, 0.29) is 17.2 Å². The first-order valence-corrected chi connectivity index (χ1v) is 9.83. The van der Waals surface area contributed by atoms with Gasteiger partial charge in [0.1, 0.15) is 0 Å². The number of benzene rings is 1. The van der Waals surface area contributed by atoms with E-state index in [2.05, 4.69) is 38.3 Å². The van der Waals surface area contributed by atoms with Crippen molar-refractivity contribution in [3.8, 4) is 0 Å². The van der Waals surface area contributed by atoms with Crippen LogP contribution in [-0.4, -0.2) is 61.4 Å². The number of nitrogens with one attached hydrogen (secondary N) is 1. The summed E-state index contributed by atoms with van der Waals surface area (Å²) in [5.74, 6) is 0.300. The predicted octanol–water partition coefficient (Wildman–Crippen LogP) is 2.15. The molecule has 2 fully saturated rings. The summed E-state index contributed by atoms with van der Waals surface area (Å²) in [5.41, 5.74) is 0.787. The normalized spacial score (nSPS) is 20.5. The second-order valence-electron chi connectivity index (χ2n) is 7.04. The molecule has 0 unspecified atom stereocenters. The topological polar surface area (TPSA) is 52.7 Å². The van der Waals surface area contributed by atoms with Crippen LogP contribution in [0.25, 0.3) is 0 Å². The summed E-state index contributed by atoms with van der Waals surface area (Å²) in [7, 11) is 1.66. The van der Waals surface area contributed by atoms with Crippen LogP contribution in [0.1, 0.15) is 31.2 Å². The van der Waals surface area contributed by atoms with Crippen molar-refractivity contribution >= 4 is 27.7 Å². The Labute approximate surface area is 157 Å². The molecule has 0 bridgehead atoms. The summed E-state index contributed by atoms with van der Waals surface area (Å²) >= 11 is 3.48. The fourth-order valence-electron chi connectivity index (χ4n) is 4.07. The van der Waals surface area contributed by atoms with Gasteiger partial charge in [0, 0.05) is 37.7 Å². The number of amides is 2. The quantitative estimate of drug-likeness (QED) is 0.831. The molecule has 1 N–H and O–H groups in total. The number of carbonyl (C=O) groups excluding carboxylic acids is 2. The standard InChI is InChI=1S/C19H26BrN3O2/c1-21-17(24)14-22-10-12-23(13-11-22)18(25)19(8-2-3-9-19)15-4-6-16(20)7-5-15/h4-7H,2-3,8-14H2,1H3,(H,21,24). The van der Waals surface area contributed by atoms with Crippen molar-refractivity contribution in [1.82, 2.24) is 15.1 Å². The van der Waals surface area contributed by atoms with Crippen LogP contribution in [0.5, 0.6) is 0 Å². The summed E-state index contributed by atoms with van der Waals surface area (Å²) in [5, 5.41) is 2.66. The summed E-state index contributed by atoms with van der Waals surface area (Å²) in [6, 6.07) is 8.25. The fraction of sp³-hybridized carbons (Fsp3) is 0.579. The van der Waals surface area contributed by atoms with Gasteiger partial charge < -0.3 is 10.2 Å². The van der Waals surface area contributed by atoms with Gasteiger partial charge in [-0.15, -0.1) is 0 Å². The predicted molar refractivity (Wildman–Crippen MR) is 101 cm³/mol. The smallest absolute Gasteiger partial charge is 0.233 e. The highest BCUT2D eigenvalue weighted by molar-refractivity contribution is 9.10. The van der Waals surface area contributed by atoms with Crippen LogP contribution in [0.2, 0.25) is 0 Å². The summed E-state index contributed by atoms with van der Waals surface area (Å²) in [6.07, 6.45) is 4.09. The molecule has 1 aliphatic carbocycles. The van der Waals surface area contributed by atoms with E-state index in [1.807, 2.05) is 17.0 Å². The molecule has 0 aromatic heterocycles. The third-order valence-electron chi connectivity index (χ3n) is 5.57. The molecular weight excluding hydrogens is 382 g/mol. The van der Waals surface area contributed by atoms with Gasteiger partial charge in [0.05, 0.1) is 12.0 Å². The zero-order chi connectivity index (χ0) is 17.9. The fourth-order valence-corrected chi connectivity index (χ4v) is 4.33. The van der Waals surface area contributed by atoms with Crippen LogP contribution < -0.4 is 5.32 Å². The van der Waals surface area contributed by atoms with Gasteiger partial charge in [-0.25, -0.2) is 0 Å². The Morgan fingerprint density at radius 3 is 2.24 bits per heavy atom. The lowest BCUT2D eigenvalue weighted by Gasteiger charge is -2.40. The Bertz CT molecular complexity index is 618. The minimum Gasteiger partial charge on any atom is -0.358 e. The molecule has 136 valence electrons. The van der Waals surface area contributed by atoms with Crippen molar-refractivity contribution in [2.75, 3.05) is 39.8 Å². The van der Waals surface area contributed by atoms with Crippen LogP contribution >= 0.6 is 15.9 Å². The number of likely N-dealkylation sites (N-methyl/N-ethyl adjacent to an activating group) is 1. The second kappa shape index (κ2) is 7.87. The van der Waals surface area contributed by atoms with E-state index in [1.54, 1.807) is 7.05 Å². The molecule has 1 aromatic carbocycles. The number of rotatable bonds is 4. The molecular formula is C19H26BrN3O2. The van der Waals surface area contributed by atoms with E-state index < -0.39 is 0 Å². The number of carbonyl (C=O) groups is 2.